The van der Waals surface area contributed by atoms with Crippen LogP contribution >= 0.6 is 11.6 Å². The molecule has 2 atom stereocenters. The maximum atomic E-state index is 6.43. The molecule has 0 heterocycles. The molecule has 0 aromatic heterocycles. The summed E-state index contributed by atoms with van der Waals surface area (Å²) in [4.78, 5) is 0. The fourth-order valence-electron chi connectivity index (χ4n) is 3.97. The first-order valence-corrected chi connectivity index (χ1v) is 7.68. The Morgan fingerprint density at radius 2 is 1.83 bits per heavy atom. The third-order valence-electron chi connectivity index (χ3n) is 4.86. The predicted molar refractivity (Wildman–Crippen MR) is 77.1 cm³/mol. The first-order valence-electron chi connectivity index (χ1n) is 7.30. The van der Waals surface area contributed by atoms with Gasteiger partial charge in [-0.3, -0.25) is 0 Å². The first kappa shape index (κ1) is 12.5. The van der Waals surface area contributed by atoms with Gasteiger partial charge in [-0.25, -0.2) is 0 Å². The second-order valence-corrected chi connectivity index (χ2v) is 6.34. The van der Waals surface area contributed by atoms with Crippen LogP contribution in [0.1, 0.15) is 55.6 Å². The van der Waals surface area contributed by atoms with E-state index in [0.717, 1.165) is 23.8 Å². The van der Waals surface area contributed by atoms with Crippen molar-refractivity contribution in [2.45, 2.75) is 56.9 Å². The second kappa shape index (κ2) is 5.22. The zero-order chi connectivity index (χ0) is 12.5. The van der Waals surface area contributed by atoms with Gasteiger partial charge in [0.1, 0.15) is 0 Å². The number of rotatable bonds is 1. The van der Waals surface area contributed by atoms with Crippen molar-refractivity contribution < 1.29 is 0 Å². The SMILES string of the molecule is NC1CCc2c(Cl)cccc2C1C1CCCCC1. The van der Waals surface area contributed by atoms with Gasteiger partial charge < -0.3 is 5.73 Å². The third kappa shape index (κ3) is 2.19. The molecule has 3 rings (SSSR count). The first-order chi connectivity index (χ1) is 8.77. The third-order valence-corrected chi connectivity index (χ3v) is 5.21. The van der Waals surface area contributed by atoms with Crippen LogP contribution in [0.25, 0.3) is 0 Å². The summed E-state index contributed by atoms with van der Waals surface area (Å²) in [7, 11) is 0. The maximum absolute atomic E-state index is 6.43. The molecular formula is C16H22ClN. The van der Waals surface area contributed by atoms with Gasteiger partial charge >= 0.3 is 0 Å². The normalized spacial score (nSPS) is 29.0. The number of fused-ring (bicyclic) bond motifs is 1. The molecule has 2 heteroatoms. The second-order valence-electron chi connectivity index (χ2n) is 5.93. The lowest BCUT2D eigenvalue weighted by molar-refractivity contribution is 0.262. The monoisotopic (exact) mass is 263 g/mol. The Morgan fingerprint density at radius 1 is 1.06 bits per heavy atom. The molecule has 1 nitrogen and oxygen atoms in total. The van der Waals surface area contributed by atoms with E-state index in [1.54, 1.807) is 0 Å². The molecule has 0 bridgehead atoms. The average molecular weight is 264 g/mol. The van der Waals surface area contributed by atoms with Gasteiger partial charge in [0, 0.05) is 17.0 Å². The van der Waals surface area contributed by atoms with Crippen LogP contribution in [0.15, 0.2) is 18.2 Å². The molecule has 0 saturated heterocycles. The molecule has 0 aliphatic heterocycles. The van der Waals surface area contributed by atoms with E-state index in [9.17, 15) is 0 Å². The van der Waals surface area contributed by atoms with E-state index in [0.29, 0.717) is 12.0 Å². The highest BCUT2D eigenvalue weighted by atomic mass is 35.5. The largest absolute Gasteiger partial charge is 0.327 e. The summed E-state index contributed by atoms with van der Waals surface area (Å²) in [6.45, 7) is 0. The Balaban J connectivity index is 1.96. The molecule has 0 amide bonds. The van der Waals surface area contributed by atoms with Crippen LogP contribution in [0, 0.1) is 5.92 Å². The van der Waals surface area contributed by atoms with Crippen molar-refractivity contribution in [2.75, 3.05) is 0 Å². The number of hydrogen-bond acceptors (Lipinski definition) is 1. The van der Waals surface area contributed by atoms with Crippen LogP contribution in [-0.2, 0) is 6.42 Å². The average Bonchev–Trinajstić information content (AvgIpc) is 2.40. The minimum absolute atomic E-state index is 0.332. The molecule has 2 unspecified atom stereocenters. The molecule has 0 radical (unpaired) electrons. The van der Waals surface area contributed by atoms with Gasteiger partial charge in [-0.15, -0.1) is 0 Å². The number of hydrogen-bond donors (Lipinski definition) is 1. The Hall–Kier alpha value is -0.530. The lowest BCUT2D eigenvalue weighted by Gasteiger charge is -2.39. The molecule has 1 saturated carbocycles. The van der Waals surface area contributed by atoms with E-state index in [-0.39, 0.29) is 0 Å². The molecule has 2 aliphatic carbocycles. The van der Waals surface area contributed by atoms with Crippen LogP contribution in [0.5, 0.6) is 0 Å². The summed E-state index contributed by atoms with van der Waals surface area (Å²) in [5.41, 5.74) is 9.26. The van der Waals surface area contributed by atoms with Crippen LogP contribution < -0.4 is 5.73 Å². The maximum Gasteiger partial charge on any atom is 0.0440 e. The van der Waals surface area contributed by atoms with Crippen LogP contribution in [0.4, 0.5) is 0 Å². The van der Waals surface area contributed by atoms with E-state index in [4.69, 9.17) is 17.3 Å². The lowest BCUT2D eigenvalue weighted by Crippen LogP contribution is -2.38. The molecule has 1 aromatic rings. The van der Waals surface area contributed by atoms with Gasteiger partial charge in [-0.05, 0) is 48.8 Å². The summed E-state index contributed by atoms with van der Waals surface area (Å²) < 4.78 is 0. The van der Waals surface area contributed by atoms with Crippen molar-refractivity contribution >= 4 is 11.6 Å². The van der Waals surface area contributed by atoms with Crippen LogP contribution in [-0.4, -0.2) is 6.04 Å². The molecule has 98 valence electrons. The Morgan fingerprint density at radius 3 is 2.61 bits per heavy atom. The molecule has 0 spiro atoms. The number of halogens is 1. The summed E-state index contributed by atoms with van der Waals surface area (Å²) in [5, 5.41) is 0.945. The fourth-order valence-corrected chi connectivity index (χ4v) is 4.25. The van der Waals surface area contributed by atoms with Crippen molar-refractivity contribution in [3.63, 3.8) is 0 Å². The Kier molecular flexibility index (Phi) is 3.63. The summed E-state index contributed by atoms with van der Waals surface area (Å²) in [6.07, 6.45) is 9.01. The van der Waals surface area contributed by atoms with Gasteiger partial charge in [0.25, 0.3) is 0 Å². The van der Waals surface area contributed by atoms with Crippen molar-refractivity contribution in [3.05, 3.63) is 34.3 Å². The van der Waals surface area contributed by atoms with Gasteiger partial charge in [0.05, 0.1) is 0 Å². The van der Waals surface area contributed by atoms with Crippen molar-refractivity contribution in [1.29, 1.82) is 0 Å². The molecule has 2 aliphatic rings. The molecule has 2 N–H and O–H groups in total. The minimum atomic E-state index is 0.332. The zero-order valence-electron chi connectivity index (χ0n) is 10.9. The number of nitrogens with two attached hydrogens (primary N) is 1. The van der Waals surface area contributed by atoms with Gasteiger partial charge in [-0.2, -0.15) is 0 Å². The Bertz CT molecular complexity index is 423. The smallest absolute Gasteiger partial charge is 0.0440 e. The standard InChI is InChI=1S/C16H22ClN/c17-14-8-4-7-13-12(14)9-10-15(18)16(13)11-5-2-1-3-6-11/h4,7-8,11,15-16H,1-3,5-6,9-10,18H2. The predicted octanol–water partition coefficient (Wildman–Crippen LogP) is 4.28. The van der Waals surface area contributed by atoms with E-state index in [1.165, 1.54) is 43.2 Å². The van der Waals surface area contributed by atoms with E-state index >= 15 is 0 Å². The lowest BCUT2D eigenvalue weighted by atomic mass is 9.68. The summed E-state index contributed by atoms with van der Waals surface area (Å²) in [5.74, 6) is 1.33. The van der Waals surface area contributed by atoms with Crippen molar-refractivity contribution in [1.82, 2.24) is 0 Å². The van der Waals surface area contributed by atoms with Gasteiger partial charge in [-0.1, -0.05) is 43.0 Å². The van der Waals surface area contributed by atoms with Crippen LogP contribution in [0.2, 0.25) is 5.02 Å². The summed E-state index contributed by atoms with van der Waals surface area (Å²) in [6, 6.07) is 6.71. The Labute approximate surface area is 115 Å². The van der Waals surface area contributed by atoms with Crippen molar-refractivity contribution in [2.24, 2.45) is 11.7 Å². The highest BCUT2D eigenvalue weighted by molar-refractivity contribution is 6.31. The highest BCUT2D eigenvalue weighted by Crippen LogP contribution is 2.43. The highest BCUT2D eigenvalue weighted by Gasteiger charge is 2.34. The summed E-state index contributed by atoms with van der Waals surface area (Å²) >= 11 is 6.35. The molecule has 18 heavy (non-hydrogen) atoms. The topological polar surface area (TPSA) is 26.0 Å². The molecular weight excluding hydrogens is 242 g/mol. The van der Waals surface area contributed by atoms with E-state index in [1.807, 2.05) is 6.07 Å². The van der Waals surface area contributed by atoms with Crippen LogP contribution in [0.3, 0.4) is 0 Å². The fraction of sp³-hybridized carbons (Fsp3) is 0.625. The van der Waals surface area contributed by atoms with Gasteiger partial charge in [0.2, 0.25) is 0 Å². The number of benzene rings is 1. The minimum Gasteiger partial charge on any atom is -0.327 e. The van der Waals surface area contributed by atoms with Gasteiger partial charge in [0.15, 0.2) is 0 Å². The van der Waals surface area contributed by atoms with E-state index in [2.05, 4.69) is 12.1 Å². The quantitative estimate of drug-likeness (QED) is 0.804. The van der Waals surface area contributed by atoms with Crippen molar-refractivity contribution in [3.8, 4) is 0 Å². The van der Waals surface area contributed by atoms with E-state index < -0.39 is 0 Å². The zero-order valence-corrected chi connectivity index (χ0v) is 11.6. The molecule has 1 aromatic carbocycles. The molecule has 1 fully saturated rings.